The van der Waals surface area contributed by atoms with Crippen LogP contribution in [0.4, 0.5) is 8.78 Å². The molecule has 1 atom stereocenters. The highest BCUT2D eigenvalue weighted by atomic mass is 35.5. The molecule has 2 N–H and O–H groups in total. The van der Waals surface area contributed by atoms with Gasteiger partial charge in [0, 0.05) is 12.8 Å². The molecular weight excluding hydrogens is 184 g/mol. The first-order valence-electron chi connectivity index (χ1n) is 4.16. The summed E-state index contributed by atoms with van der Waals surface area (Å²) in [6.07, 6.45) is 2.24. The number of hydrogen-bond acceptors (Lipinski definition) is 1. The quantitative estimate of drug-likeness (QED) is 0.685. The van der Waals surface area contributed by atoms with Gasteiger partial charge < -0.3 is 5.73 Å². The third-order valence-corrected chi connectivity index (χ3v) is 3.36. The SMILES string of the molecule is Cl.NCC1CCC12CC(F)(F)C2. The Morgan fingerprint density at radius 1 is 1.33 bits per heavy atom. The fourth-order valence-corrected chi connectivity index (χ4v) is 2.57. The summed E-state index contributed by atoms with van der Waals surface area (Å²) < 4.78 is 25.0. The minimum Gasteiger partial charge on any atom is -0.330 e. The van der Waals surface area contributed by atoms with E-state index in [1.54, 1.807) is 0 Å². The van der Waals surface area contributed by atoms with Gasteiger partial charge in [-0.05, 0) is 30.7 Å². The van der Waals surface area contributed by atoms with E-state index < -0.39 is 5.92 Å². The summed E-state index contributed by atoms with van der Waals surface area (Å²) in [6.45, 7) is 0.593. The minimum atomic E-state index is -2.37. The maximum Gasteiger partial charge on any atom is 0.249 e. The third-order valence-electron chi connectivity index (χ3n) is 3.36. The van der Waals surface area contributed by atoms with Crippen molar-refractivity contribution >= 4 is 12.4 Å². The van der Waals surface area contributed by atoms with Crippen LogP contribution in [0.25, 0.3) is 0 Å². The van der Waals surface area contributed by atoms with Crippen LogP contribution in [0.15, 0.2) is 0 Å². The van der Waals surface area contributed by atoms with Crippen LogP contribution in [0.3, 0.4) is 0 Å². The molecule has 0 saturated heterocycles. The van der Waals surface area contributed by atoms with Crippen LogP contribution >= 0.6 is 12.4 Å². The van der Waals surface area contributed by atoms with E-state index in [0.29, 0.717) is 12.5 Å². The molecule has 12 heavy (non-hydrogen) atoms. The van der Waals surface area contributed by atoms with Crippen molar-refractivity contribution in [1.29, 1.82) is 0 Å². The van der Waals surface area contributed by atoms with Crippen LogP contribution in [-0.2, 0) is 0 Å². The maximum absolute atomic E-state index is 12.5. The first kappa shape index (κ1) is 10.2. The predicted octanol–water partition coefficient (Wildman–Crippen LogP) is 2.19. The van der Waals surface area contributed by atoms with E-state index >= 15 is 0 Å². The van der Waals surface area contributed by atoms with Crippen LogP contribution < -0.4 is 5.73 Å². The van der Waals surface area contributed by atoms with Crippen molar-refractivity contribution in [2.45, 2.75) is 31.6 Å². The highest BCUT2D eigenvalue weighted by Gasteiger charge is 2.62. The van der Waals surface area contributed by atoms with Gasteiger partial charge in [-0.15, -0.1) is 12.4 Å². The average molecular weight is 198 g/mol. The molecule has 72 valence electrons. The highest BCUT2D eigenvalue weighted by Crippen LogP contribution is 2.65. The van der Waals surface area contributed by atoms with E-state index in [0.717, 1.165) is 12.8 Å². The molecule has 0 amide bonds. The lowest BCUT2D eigenvalue weighted by molar-refractivity contribution is -0.217. The van der Waals surface area contributed by atoms with Gasteiger partial charge in [0.1, 0.15) is 0 Å². The van der Waals surface area contributed by atoms with Gasteiger partial charge in [0.05, 0.1) is 0 Å². The molecule has 0 radical (unpaired) electrons. The average Bonchev–Trinajstić information content (AvgIpc) is 1.81. The molecule has 2 rings (SSSR count). The van der Waals surface area contributed by atoms with Crippen molar-refractivity contribution < 1.29 is 8.78 Å². The van der Waals surface area contributed by atoms with Crippen LogP contribution in [-0.4, -0.2) is 12.5 Å². The number of rotatable bonds is 1. The highest BCUT2D eigenvalue weighted by molar-refractivity contribution is 5.85. The third kappa shape index (κ3) is 1.23. The lowest BCUT2D eigenvalue weighted by Gasteiger charge is -2.59. The molecule has 2 fully saturated rings. The molecule has 0 aromatic carbocycles. The van der Waals surface area contributed by atoms with Gasteiger partial charge in [0.15, 0.2) is 0 Å². The van der Waals surface area contributed by atoms with E-state index in [1.807, 2.05) is 0 Å². The zero-order valence-corrected chi connectivity index (χ0v) is 7.67. The Hall–Kier alpha value is 0.110. The van der Waals surface area contributed by atoms with Gasteiger partial charge in [-0.3, -0.25) is 0 Å². The Labute approximate surface area is 77.1 Å². The van der Waals surface area contributed by atoms with Crippen molar-refractivity contribution in [3.8, 4) is 0 Å². The molecule has 2 aliphatic carbocycles. The summed E-state index contributed by atoms with van der Waals surface area (Å²) in [5, 5.41) is 0. The Balaban J connectivity index is 0.000000720. The smallest absolute Gasteiger partial charge is 0.249 e. The lowest BCUT2D eigenvalue weighted by atomic mass is 9.48. The van der Waals surface area contributed by atoms with E-state index in [4.69, 9.17) is 5.73 Å². The molecule has 0 aromatic heterocycles. The standard InChI is InChI=1S/C8H13F2N.ClH/c9-8(10)4-7(5-8)2-1-6(7)3-11;/h6H,1-5,11H2;1H. The molecule has 1 nitrogen and oxygen atoms in total. The monoisotopic (exact) mass is 197 g/mol. The zero-order valence-electron chi connectivity index (χ0n) is 6.85. The second-order valence-electron chi connectivity index (χ2n) is 4.04. The fourth-order valence-electron chi connectivity index (χ4n) is 2.57. The van der Waals surface area contributed by atoms with Crippen LogP contribution in [0.5, 0.6) is 0 Å². The van der Waals surface area contributed by atoms with Crippen LogP contribution in [0.2, 0.25) is 0 Å². The Morgan fingerprint density at radius 2 is 1.92 bits per heavy atom. The summed E-state index contributed by atoms with van der Waals surface area (Å²) in [5.74, 6) is -1.98. The Morgan fingerprint density at radius 3 is 2.17 bits per heavy atom. The van der Waals surface area contributed by atoms with Gasteiger partial charge in [-0.25, -0.2) is 8.78 Å². The fraction of sp³-hybridized carbons (Fsp3) is 1.00. The van der Waals surface area contributed by atoms with Crippen molar-refractivity contribution in [1.82, 2.24) is 0 Å². The summed E-state index contributed by atoms with van der Waals surface area (Å²) >= 11 is 0. The predicted molar refractivity (Wildman–Crippen MR) is 45.6 cm³/mol. The van der Waals surface area contributed by atoms with Crippen LogP contribution in [0, 0.1) is 11.3 Å². The Bertz CT molecular complexity index is 174. The van der Waals surface area contributed by atoms with Gasteiger partial charge in [0.25, 0.3) is 0 Å². The van der Waals surface area contributed by atoms with Gasteiger partial charge in [0.2, 0.25) is 5.92 Å². The molecule has 0 aliphatic heterocycles. The summed E-state index contributed by atoms with van der Waals surface area (Å²) in [4.78, 5) is 0. The molecule has 1 unspecified atom stereocenters. The molecule has 4 heteroatoms. The zero-order chi connectivity index (χ0) is 8.11. The molecule has 1 spiro atoms. The van der Waals surface area contributed by atoms with E-state index in [9.17, 15) is 8.78 Å². The topological polar surface area (TPSA) is 26.0 Å². The first-order chi connectivity index (χ1) is 5.08. The second-order valence-corrected chi connectivity index (χ2v) is 4.04. The molecule has 2 aliphatic rings. The molecule has 0 bridgehead atoms. The van der Waals surface area contributed by atoms with Crippen molar-refractivity contribution in [3.63, 3.8) is 0 Å². The largest absolute Gasteiger partial charge is 0.330 e. The lowest BCUT2D eigenvalue weighted by Crippen LogP contribution is -2.57. The van der Waals surface area contributed by atoms with Gasteiger partial charge in [-0.2, -0.15) is 0 Å². The summed E-state index contributed by atoms with van der Waals surface area (Å²) in [6, 6.07) is 0. The first-order valence-corrected chi connectivity index (χ1v) is 4.16. The van der Waals surface area contributed by atoms with Crippen LogP contribution in [0.1, 0.15) is 25.7 Å². The number of hydrogen-bond donors (Lipinski definition) is 1. The normalized spacial score (nSPS) is 34.8. The number of nitrogens with two attached hydrogens (primary N) is 1. The van der Waals surface area contributed by atoms with Gasteiger partial charge >= 0.3 is 0 Å². The number of halogens is 3. The molecule has 0 heterocycles. The van der Waals surface area contributed by atoms with E-state index in [2.05, 4.69) is 0 Å². The summed E-state index contributed by atoms with van der Waals surface area (Å²) in [7, 11) is 0. The van der Waals surface area contributed by atoms with Crippen molar-refractivity contribution in [2.75, 3.05) is 6.54 Å². The molecular formula is C8H14ClF2N. The minimum absolute atomic E-state index is 0. The summed E-state index contributed by atoms with van der Waals surface area (Å²) in [5.41, 5.74) is 5.43. The van der Waals surface area contributed by atoms with Crippen molar-refractivity contribution in [2.24, 2.45) is 17.1 Å². The van der Waals surface area contributed by atoms with Crippen molar-refractivity contribution in [3.05, 3.63) is 0 Å². The number of alkyl halides is 2. The molecule has 2 saturated carbocycles. The maximum atomic E-state index is 12.5. The van der Waals surface area contributed by atoms with Gasteiger partial charge in [-0.1, -0.05) is 0 Å². The van der Waals surface area contributed by atoms with E-state index in [1.165, 1.54) is 0 Å². The molecule has 0 aromatic rings. The Kier molecular flexibility index (Phi) is 2.39. The second kappa shape index (κ2) is 2.81. The van der Waals surface area contributed by atoms with E-state index in [-0.39, 0.29) is 30.7 Å².